The molecule has 0 radical (unpaired) electrons. The van der Waals surface area contributed by atoms with E-state index in [1.165, 1.54) is 7.11 Å². The SMILES string of the molecule is COc1ccc2c(c1OC)[C@H](C(Cl)(Cl)Cl)N1CCc3cc4c(cc3C1=C2C=O)OCO4. The predicted octanol–water partition coefficient (Wildman–Crippen LogP) is 4.78. The number of hydrogen-bond acceptors (Lipinski definition) is 6. The van der Waals surface area contributed by atoms with Crippen molar-refractivity contribution in [1.82, 2.24) is 4.90 Å². The number of ether oxygens (including phenoxy) is 4. The Hall–Kier alpha value is -2.28. The van der Waals surface area contributed by atoms with E-state index < -0.39 is 9.83 Å². The number of methoxy groups -OCH3 is 2. The van der Waals surface area contributed by atoms with E-state index in [-0.39, 0.29) is 6.79 Å². The molecule has 0 unspecified atom stereocenters. The fraction of sp³-hybridized carbons (Fsp3) is 0.318. The molecule has 31 heavy (non-hydrogen) atoms. The third-order valence-electron chi connectivity index (χ3n) is 5.91. The lowest BCUT2D eigenvalue weighted by atomic mass is 9.82. The molecule has 0 spiro atoms. The highest BCUT2D eigenvalue weighted by Gasteiger charge is 2.48. The lowest BCUT2D eigenvalue weighted by molar-refractivity contribution is -0.103. The van der Waals surface area contributed by atoms with Crippen LogP contribution in [0.5, 0.6) is 23.0 Å². The number of carbonyl (C=O) groups excluding carboxylic acids is 1. The summed E-state index contributed by atoms with van der Waals surface area (Å²) in [6.07, 6.45) is 1.52. The molecule has 0 bridgehead atoms. The number of halogens is 3. The molecule has 1 atom stereocenters. The fourth-order valence-electron chi connectivity index (χ4n) is 4.68. The van der Waals surface area contributed by atoms with Crippen LogP contribution in [0.2, 0.25) is 0 Å². The number of allylic oxidation sites excluding steroid dienone is 1. The van der Waals surface area contributed by atoms with E-state index in [1.54, 1.807) is 19.2 Å². The third-order valence-corrected chi connectivity index (χ3v) is 6.53. The minimum Gasteiger partial charge on any atom is -0.493 e. The molecular formula is C22H18Cl3NO5. The third kappa shape index (κ3) is 3.04. The number of aldehydes is 1. The van der Waals surface area contributed by atoms with Gasteiger partial charge in [0, 0.05) is 23.2 Å². The molecule has 6 nitrogen and oxygen atoms in total. The molecule has 3 aliphatic heterocycles. The summed E-state index contributed by atoms with van der Waals surface area (Å²) in [5.74, 6) is 2.25. The van der Waals surface area contributed by atoms with Gasteiger partial charge in [0.2, 0.25) is 10.6 Å². The zero-order valence-corrected chi connectivity index (χ0v) is 19.0. The van der Waals surface area contributed by atoms with Crippen molar-refractivity contribution in [3.63, 3.8) is 0 Å². The van der Waals surface area contributed by atoms with Gasteiger partial charge in [-0.1, -0.05) is 34.8 Å². The minimum absolute atomic E-state index is 0.165. The summed E-state index contributed by atoms with van der Waals surface area (Å²) in [5, 5.41) is 0. The second-order valence-electron chi connectivity index (χ2n) is 7.39. The summed E-state index contributed by atoms with van der Waals surface area (Å²) in [6, 6.07) is 6.70. The quantitative estimate of drug-likeness (QED) is 0.463. The number of rotatable bonds is 3. The zero-order chi connectivity index (χ0) is 21.9. The molecule has 162 valence electrons. The van der Waals surface area contributed by atoms with Gasteiger partial charge in [-0.2, -0.15) is 0 Å². The van der Waals surface area contributed by atoms with Crippen LogP contribution in [-0.4, -0.2) is 42.5 Å². The Morgan fingerprint density at radius 3 is 2.48 bits per heavy atom. The van der Waals surface area contributed by atoms with Crippen molar-refractivity contribution in [1.29, 1.82) is 0 Å². The van der Waals surface area contributed by atoms with Crippen LogP contribution >= 0.6 is 34.8 Å². The number of benzene rings is 2. The fourth-order valence-corrected chi connectivity index (χ4v) is 5.36. The minimum atomic E-state index is -1.71. The van der Waals surface area contributed by atoms with Crippen LogP contribution in [0, 0.1) is 0 Å². The lowest BCUT2D eigenvalue weighted by Gasteiger charge is -2.46. The summed E-state index contributed by atoms with van der Waals surface area (Å²) < 4.78 is 20.5. The largest absolute Gasteiger partial charge is 0.493 e. The normalized spacial score (nSPS) is 18.9. The lowest BCUT2D eigenvalue weighted by Crippen LogP contribution is -2.42. The maximum atomic E-state index is 12.4. The molecule has 0 saturated carbocycles. The number of alkyl halides is 3. The van der Waals surface area contributed by atoms with Gasteiger partial charge in [0.05, 0.1) is 19.9 Å². The molecule has 0 aliphatic carbocycles. The second-order valence-corrected chi connectivity index (χ2v) is 9.76. The second kappa shape index (κ2) is 7.40. The zero-order valence-electron chi connectivity index (χ0n) is 16.7. The van der Waals surface area contributed by atoms with Crippen molar-refractivity contribution in [2.45, 2.75) is 16.3 Å². The van der Waals surface area contributed by atoms with E-state index in [9.17, 15) is 4.79 Å². The van der Waals surface area contributed by atoms with E-state index >= 15 is 0 Å². The van der Waals surface area contributed by atoms with Gasteiger partial charge in [-0.05, 0) is 41.8 Å². The Morgan fingerprint density at radius 1 is 1.10 bits per heavy atom. The van der Waals surface area contributed by atoms with Crippen LogP contribution in [-0.2, 0) is 11.2 Å². The van der Waals surface area contributed by atoms with Crippen LogP contribution in [0.1, 0.15) is 28.3 Å². The number of carbonyl (C=O) groups is 1. The first-order valence-corrected chi connectivity index (χ1v) is 10.7. The molecule has 0 saturated heterocycles. The summed E-state index contributed by atoms with van der Waals surface area (Å²) in [4.78, 5) is 14.4. The molecule has 5 rings (SSSR count). The number of hydrogen-bond donors (Lipinski definition) is 0. The van der Waals surface area contributed by atoms with Crippen LogP contribution in [0.4, 0.5) is 0 Å². The summed E-state index contributed by atoms with van der Waals surface area (Å²) in [7, 11) is 3.07. The van der Waals surface area contributed by atoms with Crippen molar-refractivity contribution < 1.29 is 23.7 Å². The van der Waals surface area contributed by atoms with Gasteiger partial charge >= 0.3 is 0 Å². The standard InChI is InChI=1S/C22H18Cl3NO5/c1-28-15-4-3-12-14(9-27)19-13-8-17-16(30-10-31-17)7-11(13)5-6-26(19)21(22(23,24)25)18(12)20(15)29-2/h3-4,7-9,21H,5-6,10H2,1-2H3/t21-/m1/s1. The van der Waals surface area contributed by atoms with Gasteiger partial charge < -0.3 is 23.8 Å². The summed E-state index contributed by atoms with van der Waals surface area (Å²) >= 11 is 19.6. The summed E-state index contributed by atoms with van der Waals surface area (Å²) in [6.45, 7) is 0.704. The smallest absolute Gasteiger partial charge is 0.231 e. The predicted molar refractivity (Wildman–Crippen MR) is 118 cm³/mol. The van der Waals surface area contributed by atoms with Gasteiger partial charge in [0.15, 0.2) is 29.3 Å². The van der Waals surface area contributed by atoms with Gasteiger partial charge in [0.1, 0.15) is 6.04 Å². The van der Waals surface area contributed by atoms with Crippen molar-refractivity contribution in [2.24, 2.45) is 0 Å². The maximum absolute atomic E-state index is 12.4. The topological polar surface area (TPSA) is 57.2 Å². The first-order chi connectivity index (χ1) is 14.9. The highest BCUT2D eigenvalue weighted by molar-refractivity contribution is 6.68. The Kier molecular flexibility index (Phi) is 4.92. The molecule has 9 heteroatoms. The molecule has 2 aromatic rings. The monoisotopic (exact) mass is 481 g/mol. The van der Waals surface area contributed by atoms with Crippen LogP contribution in [0.25, 0.3) is 11.3 Å². The highest BCUT2D eigenvalue weighted by atomic mass is 35.6. The van der Waals surface area contributed by atoms with Crippen molar-refractivity contribution in [2.75, 3.05) is 27.6 Å². The van der Waals surface area contributed by atoms with Crippen LogP contribution < -0.4 is 18.9 Å². The van der Waals surface area contributed by atoms with E-state index in [1.807, 2.05) is 17.0 Å². The van der Waals surface area contributed by atoms with E-state index in [4.69, 9.17) is 53.8 Å². The Balaban J connectivity index is 1.85. The van der Waals surface area contributed by atoms with Crippen LogP contribution in [0.15, 0.2) is 24.3 Å². The average Bonchev–Trinajstić information content (AvgIpc) is 3.21. The van der Waals surface area contributed by atoms with Gasteiger partial charge in [-0.25, -0.2) is 0 Å². The Labute approximate surface area is 194 Å². The van der Waals surface area contributed by atoms with Crippen molar-refractivity contribution in [3.05, 3.63) is 46.5 Å². The van der Waals surface area contributed by atoms with Gasteiger partial charge in [-0.15, -0.1) is 0 Å². The number of nitrogens with zero attached hydrogens (tertiary/aromatic N) is 1. The van der Waals surface area contributed by atoms with Crippen molar-refractivity contribution in [3.8, 4) is 23.0 Å². The molecule has 0 N–H and O–H groups in total. The maximum Gasteiger partial charge on any atom is 0.231 e. The van der Waals surface area contributed by atoms with E-state index in [2.05, 4.69) is 0 Å². The van der Waals surface area contributed by atoms with Gasteiger partial charge in [-0.3, -0.25) is 4.79 Å². The number of fused-ring (bicyclic) bond motifs is 5. The molecule has 0 amide bonds. The molecule has 3 aliphatic rings. The molecule has 0 fully saturated rings. The summed E-state index contributed by atoms with van der Waals surface area (Å²) in [5.41, 5.74) is 4.34. The van der Waals surface area contributed by atoms with Crippen LogP contribution in [0.3, 0.4) is 0 Å². The molecule has 2 aromatic carbocycles. The average molecular weight is 483 g/mol. The molecule has 3 heterocycles. The van der Waals surface area contributed by atoms with Crippen molar-refractivity contribution >= 4 is 52.4 Å². The first kappa shape index (κ1) is 20.6. The molecule has 0 aromatic heterocycles. The Bertz CT molecular complexity index is 1130. The van der Waals surface area contributed by atoms with E-state index in [0.29, 0.717) is 58.4 Å². The Morgan fingerprint density at radius 2 is 1.84 bits per heavy atom. The first-order valence-electron chi connectivity index (χ1n) is 9.60. The van der Waals surface area contributed by atoms with E-state index in [0.717, 1.165) is 17.4 Å². The van der Waals surface area contributed by atoms with Gasteiger partial charge in [0.25, 0.3) is 0 Å². The molecular weight excluding hydrogens is 465 g/mol. The highest BCUT2D eigenvalue weighted by Crippen LogP contribution is 2.58.